The van der Waals surface area contributed by atoms with Crippen molar-refractivity contribution in [2.24, 2.45) is 4.99 Å². The zero-order valence-electron chi connectivity index (χ0n) is 7.75. The van der Waals surface area contributed by atoms with Crippen molar-refractivity contribution in [2.75, 3.05) is 6.54 Å². The third-order valence-corrected chi connectivity index (χ3v) is 1.76. The van der Waals surface area contributed by atoms with Crippen LogP contribution in [0.15, 0.2) is 35.3 Å². The average molecular weight is 161 g/mol. The van der Waals surface area contributed by atoms with E-state index < -0.39 is 0 Å². The first-order chi connectivity index (χ1) is 5.84. The van der Waals surface area contributed by atoms with Gasteiger partial charge in [0.2, 0.25) is 0 Å². The van der Waals surface area contributed by atoms with E-state index in [1.165, 1.54) is 5.56 Å². The van der Waals surface area contributed by atoms with E-state index in [4.69, 9.17) is 0 Å². The summed E-state index contributed by atoms with van der Waals surface area (Å²) in [5, 5.41) is 0. The number of hydrogen-bond acceptors (Lipinski definition) is 1. The highest BCUT2D eigenvalue weighted by molar-refractivity contribution is 5.98. The molecule has 0 atom stereocenters. The molecule has 0 radical (unpaired) electrons. The Bertz CT molecular complexity index is 249. The van der Waals surface area contributed by atoms with Crippen molar-refractivity contribution < 1.29 is 0 Å². The van der Waals surface area contributed by atoms with Gasteiger partial charge in [-0.05, 0) is 18.9 Å². The van der Waals surface area contributed by atoms with Crippen LogP contribution in [0.4, 0.5) is 0 Å². The first-order valence-corrected chi connectivity index (χ1v) is 4.41. The molecule has 0 aliphatic rings. The molecule has 1 heteroatoms. The van der Waals surface area contributed by atoms with Gasteiger partial charge in [0.25, 0.3) is 0 Å². The Kier molecular flexibility index (Phi) is 3.52. The predicted molar refractivity (Wildman–Crippen MR) is 53.8 cm³/mol. The van der Waals surface area contributed by atoms with E-state index >= 15 is 0 Å². The summed E-state index contributed by atoms with van der Waals surface area (Å²) in [7, 11) is 0. The van der Waals surface area contributed by atoms with E-state index in [0.717, 1.165) is 18.7 Å². The summed E-state index contributed by atoms with van der Waals surface area (Å²) < 4.78 is 0. The molecular weight excluding hydrogens is 146 g/mol. The van der Waals surface area contributed by atoms with Crippen molar-refractivity contribution in [1.82, 2.24) is 0 Å². The third-order valence-electron chi connectivity index (χ3n) is 1.76. The number of hydrogen-bond donors (Lipinski definition) is 0. The maximum atomic E-state index is 4.43. The molecule has 1 aromatic rings. The van der Waals surface area contributed by atoms with E-state index in [-0.39, 0.29) is 0 Å². The van der Waals surface area contributed by atoms with Gasteiger partial charge in [0, 0.05) is 12.3 Å². The Labute approximate surface area is 74.2 Å². The van der Waals surface area contributed by atoms with Crippen LogP contribution in [0, 0.1) is 0 Å². The molecule has 0 aromatic heterocycles. The van der Waals surface area contributed by atoms with Crippen LogP contribution in [0.25, 0.3) is 0 Å². The minimum Gasteiger partial charge on any atom is -0.289 e. The zero-order chi connectivity index (χ0) is 8.81. The maximum Gasteiger partial charge on any atom is 0.0390 e. The molecule has 12 heavy (non-hydrogen) atoms. The standard InChI is InChI=1S/C11H15N/c1-3-9-12-10(2)11-7-5-4-6-8-11/h4-8H,3,9H2,1-2H3/b12-10+. The van der Waals surface area contributed by atoms with E-state index in [0.29, 0.717) is 0 Å². The van der Waals surface area contributed by atoms with Gasteiger partial charge in [-0.3, -0.25) is 4.99 Å². The Morgan fingerprint density at radius 1 is 1.25 bits per heavy atom. The summed E-state index contributed by atoms with van der Waals surface area (Å²) in [6.07, 6.45) is 1.12. The summed E-state index contributed by atoms with van der Waals surface area (Å²) >= 11 is 0. The molecule has 0 N–H and O–H groups in total. The third kappa shape index (κ3) is 2.50. The van der Waals surface area contributed by atoms with Gasteiger partial charge in [-0.15, -0.1) is 0 Å². The number of aliphatic imine (C=N–C) groups is 1. The molecule has 1 nitrogen and oxygen atoms in total. The van der Waals surface area contributed by atoms with E-state index in [1.807, 2.05) is 18.2 Å². The second kappa shape index (κ2) is 4.70. The Balaban J connectivity index is 2.71. The molecule has 0 saturated heterocycles. The van der Waals surface area contributed by atoms with Crippen molar-refractivity contribution >= 4 is 5.71 Å². The molecule has 1 aromatic carbocycles. The second-order valence-corrected chi connectivity index (χ2v) is 2.83. The molecular formula is C11H15N. The highest BCUT2D eigenvalue weighted by Crippen LogP contribution is 2.00. The summed E-state index contributed by atoms with van der Waals surface area (Å²) in [6.45, 7) is 5.13. The molecule has 0 bridgehead atoms. The molecule has 1 rings (SSSR count). The molecule has 0 aliphatic heterocycles. The van der Waals surface area contributed by atoms with Crippen LogP contribution in [0.1, 0.15) is 25.8 Å². The lowest BCUT2D eigenvalue weighted by Gasteiger charge is -1.98. The van der Waals surface area contributed by atoms with Gasteiger partial charge in [-0.1, -0.05) is 37.3 Å². The van der Waals surface area contributed by atoms with Gasteiger partial charge in [0.15, 0.2) is 0 Å². The minimum absolute atomic E-state index is 0.931. The molecule has 0 saturated carbocycles. The highest BCUT2D eigenvalue weighted by atomic mass is 14.7. The smallest absolute Gasteiger partial charge is 0.0390 e. The number of benzene rings is 1. The van der Waals surface area contributed by atoms with Gasteiger partial charge >= 0.3 is 0 Å². The Hall–Kier alpha value is -1.11. The molecule has 0 amide bonds. The van der Waals surface area contributed by atoms with E-state index in [1.54, 1.807) is 0 Å². The molecule has 0 aliphatic carbocycles. The van der Waals surface area contributed by atoms with Gasteiger partial charge < -0.3 is 0 Å². The van der Waals surface area contributed by atoms with Crippen LogP contribution in [0.5, 0.6) is 0 Å². The van der Waals surface area contributed by atoms with Crippen molar-refractivity contribution in [3.8, 4) is 0 Å². The molecule has 0 unspecified atom stereocenters. The fourth-order valence-electron chi connectivity index (χ4n) is 1.05. The van der Waals surface area contributed by atoms with Crippen molar-refractivity contribution in [3.05, 3.63) is 35.9 Å². The van der Waals surface area contributed by atoms with Crippen molar-refractivity contribution in [1.29, 1.82) is 0 Å². The SMILES string of the molecule is CCC/N=C(\C)c1ccccc1. The normalized spacial score (nSPS) is 11.7. The summed E-state index contributed by atoms with van der Waals surface area (Å²) in [5.74, 6) is 0. The van der Waals surface area contributed by atoms with Crippen LogP contribution < -0.4 is 0 Å². The topological polar surface area (TPSA) is 12.4 Å². The van der Waals surface area contributed by atoms with Gasteiger partial charge in [-0.2, -0.15) is 0 Å². The Morgan fingerprint density at radius 3 is 2.50 bits per heavy atom. The fraction of sp³-hybridized carbons (Fsp3) is 0.364. The molecule has 0 spiro atoms. The molecule has 64 valence electrons. The van der Waals surface area contributed by atoms with Crippen LogP contribution >= 0.6 is 0 Å². The second-order valence-electron chi connectivity index (χ2n) is 2.83. The lowest BCUT2D eigenvalue weighted by molar-refractivity contribution is 0.931. The van der Waals surface area contributed by atoms with Gasteiger partial charge in [0.05, 0.1) is 0 Å². The summed E-state index contributed by atoms with van der Waals surface area (Å²) in [5.41, 5.74) is 2.36. The summed E-state index contributed by atoms with van der Waals surface area (Å²) in [6, 6.07) is 10.3. The highest BCUT2D eigenvalue weighted by Gasteiger charge is 1.92. The average Bonchev–Trinajstić information content (AvgIpc) is 2.15. The van der Waals surface area contributed by atoms with Crippen LogP contribution in [-0.2, 0) is 0 Å². The van der Waals surface area contributed by atoms with Crippen molar-refractivity contribution in [3.63, 3.8) is 0 Å². The predicted octanol–water partition coefficient (Wildman–Crippen LogP) is 2.91. The van der Waals surface area contributed by atoms with Gasteiger partial charge in [0.1, 0.15) is 0 Å². The Morgan fingerprint density at radius 2 is 1.92 bits per heavy atom. The van der Waals surface area contributed by atoms with E-state index in [9.17, 15) is 0 Å². The monoisotopic (exact) mass is 161 g/mol. The lowest BCUT2D eigenvalue weighted by Crippen LogP contribution is -1.94. The first kappa shape index (κ1) is 8.98. The lowest BCUT2D eigenvalue weighted by atomic mass is 10.1. The van der Waals surface area contributed by atoms with Crippen LogP contribution in [0.2, 0.25) is 0 Å². The largest absolute Gasteiger partial charge is 0.289 e. The fourth-order valence-corrected chi connectivity index (χ4v) is 1.05. The quantitative estimate of drug-likeness (QED) is 0.604. The van der Waals surface area contributed by atoms with Crippen molar-refractivity contribution in [2.45, 2.75) is 20.3 Å². The number of rotatable bonds is 3. The molecule has 0 heterocycles. The van der Waals surface area contributed by atoms with Gasteiger partial charge in [-0.25, -0.2) is 0 Å². The van der Waals surface area contributed by atoms with Crippen LogP contribution in [-0.4, -0.2) is 12.3 Å². The molecule has 0 fully saturated rings. The van der Waals surface area contributed by atoms with Crippen LogP contribution in [0.3, 0.4) is 0 Å². The van der Waals surface area contributed by atoms with E-state index in [2.05, 4.69) is 31.0 Å². The number of nitrogens with zero attached hydrogens (tertiary/aromatic N) is 1. The summed E-state index contributed by atoms with van der Waals surface area (Å²) in [4.78, 5) is 4.43. The zero-order valence-corrected chi connectivity index (χ0v) is 7.75. The minimum atomic E-state index is 0.931. The maximum absolute atomic E-state index is 4.43. The first-order valence-electron chi connectivity index (χ1n) is 4.41.